The van der Waals surface area contributed by atoms with Gasteiger partial charge in [0.2, 0.25) is 0 Å². The molecule has 2 N–H and O–H groups in total. The van der Waals surface area contributed by atoms with Gasteiger partial charge in [-0.05, 0) is 25.3 Å². The third-order valence-electron chi connectivity index (χ3n) is 4.51. The number of hydrogen-bond donors (Lipinski definition) is 1. The minimum atomic E-state index is -0.732. The van der Waals surface area contributed by atoms with E-state index in [1.165, 1.54) is 0 Å². The number of para-hydroxylation sites is 1. The molecule has 134 valence electrons. The molecule has 0 saturated carbocycles. The third kappa shape index (κ3) is 3.90. The van der Waals surface area contributed by atoms with E-state index in [4.69, 9.17) is 10.7 Å². The maximum Gasteiger partial charge on any atom is 0.152 e. The average Bonchev–Trinajstić information content (AvgIpc) is 2.96. The number of aryl methyl sites for hydroxylation is 2. The molecule has 0 saturated heterocycles. The van der Waals surface area contributed by atoms with Crippen LogP contribution in [0.5, 0.6) is 0 Å². The molecule has 0 bridgehead atoms. The molecule has 0 aliphatic heterocycles. The summed E-state index contributed by atoms with van der Waals surface area (Å²) in [4.78, 5) is 9.35. The summed E-state index contributed by atoms with van der Waals surface area (Å²) >= 11 is -0.732. The first-order valence-corrected chi connectivity index (χ1v) is 10.7. The van der Waals surface area contributed by atoms with Crippen molar-refractivity contribution in [3.8, 4) is 0 Å². The van der Waals surface area contributed by atoms with Gasteiger partial charge in [0.05, 0.1) is 17.3 Å². The number of rotatable bonds is 8. The van der Waals surface area contributed by atoms with E-state index >= 15 is 0 Å². The Labute approximate surface area is 151 Å². The Morgan fingerprint density at radius 3 is 2.72 bits per heavy atom. The Kier molecular flexibility index (Phi) is 5.81. The minimum absolute atomic E-state index is 0.500. The predicted molar refractivity (Wildman–Crippen MR) is 106 cm³/mol. The van der Waals surface area contributed by atoms with Crippen LogP contribution in [0.15, 0.2) is 24.3 Å². The summed E-state index contributed by atoms with van der Waals surface area (Å²) in [7, 11) is 0. The predicted octanol–water partition coefficient (Wildman–Crippen LogP) is 3.67. The quantitative estimate of drug-likeness (QED) is 0.492. The van der Waals surface area contributed by atoms with Crippen molar-refractivity contribution >= 4 is 38.9 Å². The third-order valence-corrected chi connectivity index (χ3v) is 5.37. The summed E-state index contributed by atoms with van der Waals surface area (Å²) in [5.41, 5.74) is 9.01. The lowest BCUT2D eigenvalue weighted by atomic mass is 10.2. The van der Waals surface area contributed by atoms with Gasteiger partial charge < -0.3 is 14.9 Å². The van der Waals surface area contributed by atoms with E-state index in [0.717, 1.165) is 72.2 Å². The smallest absolute Gasteiger partial charge is 0.152 e. The number of nitrogens with zero attached hydrogens (tertiary/aromatic N) is 3. The number of aromatic nitrogens is 3. The highest BCUT2D eigenvalue weighted by atomic mass is 32.2. The van der Waals surface area contributed by atoms with Gasteiger partial charge in [0.15, 0.2) is 5.82 Å². The molecule has 0 spiro atoms. The van der Waals surface area contributed by atoms with Crippen molar-refractivity contribution in [2.24, 2.45) is 0 Å². The van der Waals surface area contributed by atoms with E-state index in [2.05, 4.69) is 22.5 Å². The van der Waals surface area contributed by atoms with Crippen LogP contribution in [0.4, 0.5) is 5.82 Å². The van der Waals surface area contributed by atoms with Crippen LogP contribution < -0.4 is 5.73 Å². The molecule has 25 heavy (non-hydrogen) atoms. The molecule has 3 rings (SSSR count). The maximum atomic E-state index is 11.3. The minimum Gasteiger partial charge on any atom is -0.617 e. The van der Waals surface area contributed by atoms with Crippen LogP contribution in [-0.2, 0) is 24.1 Å². The molecular weight excluding hydrogens is 332 g/mol. The fraction of sp³-hybridized carbons (Fsp3) is 0.474. The van der Waals surface area contributed by atoms with Gasteiger partial charge in [-0.1, -0.05) is 42.7 Å². The van der Waals surface area contributed by atoms with Crippen LogP contribution in [0.3, 0.4) is 0 Å². The number of hydrogen-bond acceptors (Lipinski definition) is 4. The van der Waals surface area contributed by atoms with E-state index in [0.29, 0.717) is 5.82 Å². The number of unbranched alkanes of at least 4 members (excludes halogenated alkanes) is 2. The lowest BCUT2D eigenvalue weighted by Crippen LogP contribution is -2.08. The Balaban J connectivity index is 2.05. The monoisotopic (exact) mass is 358 g/mol. The Morgan fingerprint density at radius 2 is 1.96 bits per heavy atom. The van der Waals surface area contributed by atoms with Gasteiger partial charge in [0.25, 0.3) is 0 Å². The van der Waals surface area contributed by atoms with Gasteiger partial charge in [-0.15, -0.1) is 0 Å². The normalized spacial score (nSPS) is 12.9. The number of nitrogen functional groups attached to an aromatic ring is 1. The summed E-state index contributed by atoms with van der Waals surface area (Å²) in [5.74, 6) is 2.33. The molecule has 1 aromatic carbocycles. The first-order valence-electron chi connectivity index (χ1n) is 8.95. The molecule has 1 unspecified atom stereocenters. The summed E-state index contributed by atoms with van der Waals surface area (Å²) < 4.78 is 13.6. The summed E-state index contributed by atoms with van der Waals surface area (Å²) in [6.07, 6.45) is 6.88. The molecule has 0 aliphatic carbocycles. The van der Waals surface area contributed by atoms with Crippen molar-refractivity contribution in [1.82, 2.24) is 14.5 Å². The first-order chi connectivity index (χ1) is 12.1. The zero-order valence-corrected chi connectivity index (χ0v) is 15.8. The van der Waals surface area contributed by atoms with Crippen molar-refractivity contribution in [3.63, 3.8) is 0 Å². The van der Waals surface area contributed by atoms with Gasteiger partial charge in [-0.25, -0.2) is 9.97 Å². The standard InChI is InChI=1S/C19H26N4OS/c1-3-4-11-16-22-17-18(23(16)12-7-8-13-25(2)24)14-9-5-6-10-15(14)21-19(17)20/h5-6,9-10H,3-4,7-8,11-13H2,1-2H3,(H2,20,21). The molecule has 5 nitrogen and oxygen atoms in total. The van der Waals surface area contributed by atoms with E-state index < -0.39 is 11.2 Å². The number of imidazole rings is 1. The second-order valence-corrected chi connectivity index (χ2v) is 8.03. The molecular formula is C19H26N4OS. The number of nitrogens with two attached hydrogens (primary N) is 1. The fourth-order valence-electron chi connectivity index (χ4n) is 3.25. The molecule has 0 fully saturated rings. The highest BCUT2D eigenvalue weighted by Crippen LogP contribution is 2.29. The van der Waals surface area contributed by atoms with E-state index in [1.807, 2.05) is 18.2 Å². The molecule has 6 heteroatoms. The molecule has 1 atom stereocenters. The lowest BCUT2D eigenvalue weighted by molar-refractivity contribution is 0.581. The van der Waals surface area contributed by atoms with Gasteiger partial charge in [0.1, 0.15) is 17.1 Å². The van der Waals surface area contributed by atoms with Gasteiger partial charge in [-0.2, -0.15) is 0 Å². The van der Waals surface area contributed by atoms with E-state index in [-0.39, 0.29) is 0 Å². The Morgan fingerprint density at radius 1 is 1.16 bits per heavy atom. The second-order valence-electron chi connectivity index (χ2n) is 6.48. The highest BCUT2D eigenvalue weighted by Gasteiger charge is 2.16. The number of anilines is 1. The van der Waals surface area contributed by atoms with Gasteiger partial charge in [0, 0.05) is 18.4 Å². The SMILES string of the molecule is CCCCc1nc2c(N)nc3ccccc3c2n1CCCC[S+](C)[O-]. The average molecular weight is 359 g/mol. The van der Waals surface area contributed by atoms with Crippen molar-refractivity contribution in [3.05, 3.63) is 30.1 Å². The maximum absolute atomic E-state index is 11.3. The number of benzene rings is 1. The lowest BCUT2D eigenvalue weighted by Gasteiger charge is -2.11. The molecule has 3 aromatic rings. The molecule has 0 radical (unpaired) electrons. The van der Waals surface area contributed by atoms with Crippen molar-refractivity contribution in [2.75, 3.05) is 17.7 Å². The van der Waals surface area contributed by atoms with Crippen LogP contribution in [-0.4, -0.2) is 31.1 Å². The molecule has 0 amide bonds. The molecule has 2 heterocycles. The van der Waals surface area contributed by atoms with Crippen LogP contribution in [0.25, 0.3) is 21.9 Å². The number of pyridine rings is 1. The summed E-state index contributed by atoms with van der Waals surface area (Å²) in [6.45, 7) is 3.06. The number of fused-ring (bicyclic) bond motifs is 3. The fourth-order valence-corrected chi connectivity index (χ4v) is 3.86. The van der Waals surface area contributed by atoms with Crippen LogP contribution >= 0.6 is 0 Å². The largest absolute Gasteiger partial charge is 0.617 e. The van der Waals surface area contributed by atoms with E-state index in [9.17, 15) is 4.55 Å². The van der Waals surface area contributed by atoms with Gasteiger partial charge >= 0.3 is 0 Å². The zero-order chi connectivity index (χ0) is 17.8. The van der Waals surface area contributed by atoms with Crippen LogP contribution in [0.1, 0.15) is 38.4 Å². The zero-order valence-electron chi connectivity index (χ0n) is 15.0. The van der Waals surface area contributed by atoms with Crippen molar-refractivity contribution < 1.29 is 4.55 Å². The van der Waals surface area contributed by atoms with Gasteiger partial charge in [-0.3, -0.25) is 0 Å². The van der Waals surface area contributed by atoms with Crippen LogP contribution in [0.2, 0.25) is 0 Å². The highest BCUT2D eigenvalue weighted by molar-refractivity contribution is 7.90. The molecule has 2 aromatic heterocycles. The van der Waals surface area contributed by atoms with E-state index in [1.54, 1.807) is 6.26 Å². The summed E-state index contributed by atoms with van der Waals surface area (Å²) in [5, 5.41) is 1.10. The van der Waals surface area contributed by atoms with Crippen molar-refractivity contribution in [2.45, 2.75) is 45.6 Å². The van der Waals surface area contributed by atoms with Crippen molar-refractivity contribution in [1.29, 1.82) is 0 Å². The second kappa shape index (κ2) is 8.06. The topological polar surface area (TPSA) is 79.8 Å². The molecule has 0 aliphatic rings. The van der Waals surface area contributed by atoms with Crippen LogP contribution in [0, 0.1) is 0 Å². The first kappa shape index (κ1) is 18.0. The summed E-state index contributed by atoms with van der Waals surface area (Å²) in [6, 6.07) is 8.10. The Bertz CT molecular complexity index is 859. The Hall–Kier alpha value is -1.79.